The Bertz CT molecular complexity index is 1630. The number of fused-ring (bicyclic) bond motifs is 4. The van der Waals surface area contributed by atoms with Crippen molar-refractivity contribution in [2.24, 2.45) is 0 Å². The molecule has 0 saturated heterocycles. The number of aromatic nitrogens is 2. The molecule has 0 saturated carbocycles. The molecule has 1 atom stereocenters. The lowest BCUT2D eigenvalue weighted by atomic mass is 10.1. The van der Waals surface area contributed by atoms with Gasteiger partial charge < -0.3 is 14.6 Å². The van der Waals surface area contributed by atoms with E-state index in [1.54, 1.807) is 23.7 Å². The minimum atomic E-state index is -0.439. The SMILES string of the molecule is N#Cc1ccc2cc1Oc1ccc3cccc(c3c1)NC(=O)[C@H](Cc1cccs1)NCc1cncn1C2. The highest BCUT2D eigenvalue weighted by Gasteiger charge is 2.21. The fourth-order valence-electron chi connectivity index (χ4n) is 4.56. The second-order valence-corrected chi connectivity index (χ2v) is 9.98. The summed E-state index contributed by atoms with van der Waals surface area (Å²) in [5.74, 6) is 0.970. The zero-order valence-electron chi connectivity index (χ0n) is 19.8. The Morgan fingerprint density at radius 3 is 2.95 bits per heavy atom. The molecule has 2 N–H and O–H groups in total. The number of imidazole rings is 1. The van der Waals surface area contributed by atoms with Crippen molar-refractivity contribution in [1.29, 1.82) is 5.26 Å². The third kappa shape index (κ3) is 4.83. The van der Waals surface area contributed by atoms with Gasteiger partial charge in [0.2, 0.25) is 5.91 Å². The van der Waals surface area contributed by atoms with Crippen LogP contribution in [0.1, 0.15) is 21.7 Å². The Morgan fingerprint density at radius 1 is 1.14 bits per heavy atom. The fourth-order valence-corrected chi connectivity index (χ4v) is 5.31. The van der Waals surface area contributed by atoms with E-state index < -0.39 is 6.04 Å². The van der Waals surface area contributed by atoms with Crippen molar-refractivity contribution in [1.82, 2.24) is 14.9 Å². The second kappa shape index (κ2) is 9.90. The van der Waals surface area contributed by atoms with Gasteiger partial charge in [0.15, 0.2) is 0 Å². The summed E-state index contributed by atoms with van der Waals surface area (Å²) in [6.45, 7) is 1.03. The highest BCUT2D eigenvalue weighted by molar-refractivity contribution is 7.09. The molecule has 3 aromatic carbocycles. The summed E-state index contributed by atoms with van der Waals surface area (Å²) in [7, 11) is 0. The first-order valence-electron chi connectivity index (χ1n) is 12.0. The third-order valence-electron chi connectivity index (χ3n) is 6.49. The summed E-state index contributed by atoms with van der Waals surface area (Å²) in [4.78, 5) is 19.0. The number of anilines is 1. The third-order valence-corrected chi connectivity index (χ3v) is 7.39. The van der Waals surface area contributed by atoms with E-state index in [1.807, 2.05) is 76.8 Å². The molecule has 5 aromatic rings. The Balaban J connectivity index is 1.45. The monoisotopic (exact) mass is 505 g/mol. The molecule has 0 fully saturated rings. The van der Waals surface area contributed by atoms with E-state index in [2.05, 4.69) is 21.7 Å². The molecule has 6 rings (SSSR count). The molecule has 7 nitrogen and oxygen atoms in total. The number of nitrogens with one attached hydrogen (secondary N) is 2. The number of hydrogen-bond acceptors (Lipinski definition) is 6. The van der Waals surface area contributed by atoms with Crippen LogP contribution in [0.5, 0.6) is 11.5 Å². The molecule has 1 aliphatic heterocycles. The van der Waals surface area contributed by atoms with Crippen LogP contribution in [-0.4, -0.2) is 21.5 Å². The minimum absolute atomic E-state index is 0.109. The van der Waals surface area contributed by atoms with Gasteiger partial charge in [-0.15, -0.1) is 11.3 Å². The van der Waals surface area contributed by atoms with Crippen LogP contribution in [0.4, 0.5) is 5.69 Å². The lowest BCUT2D eigenvalue weighted by Gasteiger charge is -2.20. The largest absolute Gasteiger partial charge is 0.456 e. The zero-order chi connectivity index (χ0) is 25.2. The van der Waals surface area contributed by atoms with Crippen molar-refractivity contribution in [3.8, 4) is 17.6 Å². The first-order valence-corrected chi connectivity index (χ1v) is 12.8. The standard InChI is InChI=1S/C29H23N5O2S/c30-14-21-7-6-19-11-28(21)36-23-9-8-20-3-1-5-26(25(20)12-23)33-29(35)27(13-24-4-2-10-37-24)32-16-22-15-31-18-34(22)17-19/h1-12,15,18,27,32H,13,16-17H2,(H,33,35)/t27-/m0/s1. The topological polar surface area (TPSA) is 92.0 Å². The zero-order valence-corrected chi connectivity index (χ0v) is 20.7. The van der Waals surface area contributed by atoms with Gasteiger partial charge in [-0.3, -0.25) is 10.1 Å². The van der Waals surface area contributed by atoms with Gasteiger partial charge in [0.1, 0.15) is 17.6 Å². The van der Waals surface area contributed by atoms with Gasteiger partial charge in [-0.05, 0) is 52.7 Å². The van der Waals surface area contributed by atoms with Crippen LogP contribution in [-0.2, 0) is 24.3 Å². The van der Waals surface area contributed by atoms with E-state index >= 15 is 0 Å². The van der Waals surface area contributed by atoms with E-state index in [-0.39, 0.29) is 5.91 Å². The molecule has 182 valence electrons. The summed E-state index contributed by atoms with van der Waals surface area (Å²) in [6, 6.07) is 23.0. The smallest absolute Gasteiger partial charge is 0.241 e. The Kier molecular flexibility index (Phi) is 6.15. The van der Waals surface area contributed by atoms with E-state index in [0.717, 1.165) is 26.9 Å². The van der Waals surface area contributed by atoms with Crippen LogP contribution >= 0.6 is 11.3 Å². The highest BCUT2D eigenvalue weighted by atomic mass is 32.1. The van der Waals surface area contributed by atoms with Gasteiger partial charge >= 0.3 is 0 Å². The van der Waals surface area contributed by atoms with Crippen LogP contribution in [0.25, 0.3) is 10.8 Å². The lowest BCUT2D eigenvalue weighted by Crippen LogP contribution is -2.42. The normalized spacial score (nSPS) is 15.5. The van der Waals surface area contributed by atoms with Gasteiger partial charge in [-0.1, -0.05) is 30.3 Å². The van der Waals surface area contributed by atoms with Crippen molar-refractivity contribution >= 4 is 33.7 Å². The van der Waals surface area contributed by atoms with Crippen LogP contribution in [0.3, 0.4) is 0 Å². The maximum absolute atomic E-state index is 13.6. The molecule has 4 bridgehead atoms. The molecule has 1 amide bonds. The molecule has 0 radical (unpaired) electrons. The van der Waals surface area contributed by atoms with Gasteiger partial charge in [-0.2, -0.15) is 5.26 Å². The number of nitriles is 1. The molecule has 0 spiro atoms. The first kappa shape index (κ1) is 23.0. The van der Waals surface area contributed by atoms with Crippen LogP contribution in [0, 0.1) is 11.3 Å². The number of benzene rings is 3. The predicted molar refractivity (Wildman–Crippen MR) is 144 cm³/mol. The van der Waals surface area contributed by atoms with Crippen molar-refractivity contribution in [2.75, 3.05) is 5.32 Å². The number of carbonyl (C=O) groups is 1. The van der Waals surface area contributed by atoms with Crippen LogP contribution in [0.2, 0.25) is 0 Å². The molecule has 37 heavy (non-hydrogen) atoms. The number of carbonyl (C=O) groups excluding carboxylic acids is 1. The van der Waals surface area contributed by atoms with Crippen LogP contribution in [0.15, 0.2) is 84.6 Å². The molecule has 3 heterocycles. The number of thiophene rings is 1. The predicted octanol–water partition coefficient (Wildman–Crippen LogP) is 5.46. The van der Waals surface area contributed by atoms with Gasteiger partial charge in [0.25, 0.3) is 0 Å². The quantitative estimate of drug-likeness (QED) is 0.332. The molecule has 0 unspecified atom stereocenters. The maximum atomic E-state index is 13.6. The number of hydrogen-bond donors (Lipinski definition) is 2. The second-order valence-electron chi connectivity index (χ2n) is 8.95. The van der Waals surface area contributed by atoms with E-state index in [1.165, 1.54) is 0 Å². The lowest BCUT2D eigenvalue weighted by molar-refractivity contribution is -0.118. The van der Waals surface area contributed by atoms with Crippen molar-refractivity contribution < 1.29 is 9.53 Å². The number of amides is 1. The number of rotatable bonds is 2. The number of nitrogens with zero attached hydrogens (tertiary/aromatic N) is 3. The minimum Gasteiger partial charge on any atom is -0.456 e. The summed E-state index contributed by atoms with van der Waals surface area (Å²) < 4.78 is 8.25. The summed E-state index contributed by atoms with van der Waals surface area (Å²) in [5.41, 5.74) is 3.10. The van der Waals surface area contributed by atoms with Gasteiger partial charge in [-0.25, -0.2) is 4.98 Å². The molecule has 2 aromatic heterocycles. The van der Waals surface area contributed by atoms with Crippen molar-refractivity contribution in [3.05, 3.63) is 106 Å². The molecule has 0 aliphatic carbocycles. The van der Waals surface area contributed by atoms with Gasteiger partial charge in [0, 0.05) is 41.7 Å². The van der Waals surface area contributed by atoms with E-state index in [0.29, 0.717) is 42.3 Å². The Morgan fingerprint density at radius 2 is 2.08 bits per heavy atom. The van der Waals surface area contributed by atoms with E-state index in [9.17, 15) is 10.1 Å². The average Bonchev–Trinajstić information content (AvgIpc) is 3.58. The summed E-state index contributed by atoms with van der Waals surface area (Å²) >= 11 is 1.64. The summed E-state index contributed by atoms with van der Waals surface area (Å²) in [5, 5.41) is 20.1. The van der Waals surface area contributed by atoms with Crippen molar-refractivity contribution in [2.45, 2.75) is 25.6 Å². The Hall–Kier alpha value is -4.45. The molecular weight excluding hydrogens is 482 g/mol. The first-order chi connectivity index (χ1) is 18.2. The maximum Gasteiger partial charge on any atom is 0.241 e. The Labute approximate surface area is 218 Å². The van der Waals surface area contributed by atoms with E-state index in [4.69, 9.17) is 4.74 Å². The highest BCUT2D eigenvalue weighted by Crippen LogP contribution is 2.32. The molecular formula is C29H23N5O2S. The average molecular weight is 506 g/mol. The fraction of sp³-hybridized carbons (Fsp3) is 0.138. The summed E-state index contributed by atoms with van der Waals surface area (Å²) in [6.07, 6.45) is 4.16. The number of ether oxygens (including phenoxy) is 1. The van der Waals surface area contributed by atoms with Crippen molar-refractivity contribution in [3.63, 3.8) is 0 Å². The van der Waals surface area contributed by atoms with Gasteiger partial charge in [0.05, 0.1) is 23.6 Å². The molecule has 1 aliphatic rings. The molecule has 8 heteroatoms. The van der Waals surface area contributed by atoms with Crippen LogP contribution < -0.4 is 15.4 Å².